The molecule has 24 heavy (non-hydrogen) atoms. The van der Waals surface area contributed by atoms with Gasteiger partial charge in [0, 0.05) is 44.6 Å². The summed E-state index contributed by atoms with van der Waals surface area (Å²) in [6.45, 7) is 6.33. The molecule has 0 radical (unpaired) electrons. The Labute approximate surface area is 142 Å². The molecule has 1 fully saturated rings. The van der Waals surface area contributed by atoms with Crippen LogP contribution in [0.15, 0.2) is 42.7 Å². The SMILES string of the molecule is C[C@H]1CN(c2nccnc2C#N)CCN1CCOc1ccccc1. The minimum Gasteiger partial charge on any atom is -0.492 e. The second-order valence-electron chi connectivity index (χ2n) is 5.83. The number of anilines is 1. The van der Waals surface area contributed by atoms with Gasteiger partial charge in [-0.05, 0) is 19.1 Å². The summed E-state index contributed by atoms with van der Waals surface area (Å²) in [5.41, 5.74) is 0.394. The molecule has 0 N–H and O–H groups in total. The number of piperazine rings is 1. The van der Waals surface area contributed by atoms with Gasteiger partial charge in [0.1, 0.15) is 18.4 Å². The highest BCUT2D eigenvalue weighted by Crippen LogP contribution is 2.19. The van der Waals surface area contributed by atoms with Gasteiger partial charge in [0.05, 0.1) is 0 Å². The van der Waals surface area contributed by atoms with E-state index in [4.69, 9.17) is 4.74 Å². The lowest BCUT2D eigenvalue weighted by Gasteiger charge is -2.40. The summed E-state index contributed by atoms with van der Waals surface area (Å²) in [5.74, 6) is 1.59. The number of nitriles is 1. The van der Waals surface area contributed by atoms with Crippen molar-refractivity contribution in [1.82, 2.24) is 14.9 Å². The second-order valence-corrected chi connectivity index (χ2v) is 5.83. The van der Waals surface area contributed by atoms with Crippen LogP contribution < -0.4 is 9.64 Å². The molecular formula is C18H21N5O. The van der Waals surface area contributed by atoms with Crippen molar-refractivity contribution in [2.75, 3.05) is 37.7 Å². The van der Waals surface area contributed by atoms with E-state index in [9.17, 15) is 5.26 Å². The zero-order valence-electron chi connectivity index (χ0n) is 13.8. The predicted molar refractivity (Wildman–Crippen MR) is 91.9 cm³/mol. The predicted octanol–water partition coefficient (Wildman–Crippen LogP) is 1.94. The Hall–Kier alpha value is -2.65. The molecule has 1 aromatic heterocycles. The smallest absolute Gasteiger partial charge is 0.183 e. The summed E-state index contributed by atoms with van der Waals surface area (Å²) in [4.78, 5) is 13.0. The number of para-hydroxylation sites is 1. The number of benzene rings is 1. The zero-order valence-corrected chi connectivity index (χ0v) is 13.8. The molecule has 1 saturated heterocycles. The van der Waals surface area contributed by atoms with Crippen molar-refractivity contribution in [1.29, 1.82) is 5.26 Å². The number of aromatic nitrogens is 2. The van der Waals surface area contributed by atoms with Crippen LogP contribution >= 0.6 is 0 Å². The Kier molecular flexibility index (Phi) is 5.24. The summed E-state index contributed by atoms with van der Waals surface area (Å²) in [6.07, 6.45) is 3.20. The molecule has 0 amide bonds. The minimum absolute atomic E-state index is 0.367. The molecule has 0 unspecified atom stereocenters. The molecule has 1 aromatic carbocycles. The molecule has 6 heteroatoms. The van der Waals surface area contributed by atoms with E-state index >= 15 is 0 Å². The zero-order chi connectivity index (χ0) is 16.8. The van der Waals surface area contributed by atoms with Crippen molar-refractivity contribution < 1.29 is 4.74 Å². The lowest BCUT2D eigenvalue weighted by atomic mass is 10.2. The fourth-order valence-corrected chi connectivity index (χ4v) is 2.96. The fourth-order valence-electron chi connectivity index (χ4n) is 2.96. The van der Waals surface area contributed by atoms with Crippen molar-refractivity contribution in [3.63, 3.8) is 0 Å². The fraction of sp³-hybridized carbons (Fsp3) is 0.389. The molecule has 0 spiro atoms. The van der Waals surface area contributed by atoms with Crippen molar-refractivity contribution >= 4 is 5.82 Å². The lowest BCUT2D eigenvalue weighted by Crippen LogP contribution is -2.53. The molecule has 6 nitrogen and oxygen atoms in total. The summed E-state index contributed by atoms with van der Waals surface area (Å²) in [5, 5.41) is 9.19. The average molecular weight is 323 g/mol. The minimum atomic E-state index is 0.367. The highest BCUT2D eigenvalue weighted by Gasteiger charge is 2.25. The maximum Gasteiger partial charge on any atom is 0.183 e. The van der Waals surface area contributed by atoms with E-state index in [2.05, 4.69) is 32.8 Å². The lowest BCUT2D eigenvalue weighted by molar-refractivity contribution is 0.154. The van der Waals surface area contributed by atoms with Gasteiger partial charge in [0.25, 0.3) is 0 Å². The van der Waals surface area contributed by atoms with E-state index in [-0.39, 0.29) is 0 Å². The van der Waals surface area contributed by atoms with Crippen molar-refractivity contribution in [2.45, 2.75) is 13.0 Å². The van der Waals surface area contributed by atoms with Crippen LogP contribution in [0.3, 0.4) is 0 Å². The Bertz CT molecular complexity index is 700. The number of hydrogen-bond donors (Lipinski definition) is 0. The highest BCUT2D eigenvalue weighted by molar-refractivity contribution is 5.49. The summed E-state index contributed by atoms with van der Waals surface area (Å²) in [6, 6.07) is 12.4. The van der Waals surface area contributed by atoms with E-state index in [0.717, 1.165) is 31.9 Å². The van der Waals surface area contributed by atoms with Crippen LogP contribution in [0, 0.1) is 11.3 Å². The summed E-state index contributed by atoms with van der Waals surface area (Å²) in [7, 11) is 0. The Morgan fingerprint density at radius 2 is 2.00 bits per heavy atom. The molecule has 1 atom stereocenters. The van der Waals surface area contributed by atoms with Crippen LogP contribution in [-0.2, 0) is 0 Å². The van der Waals surface area contributed by atoms with E-state index in [1.54, 1.807) is 12.4 Å². The normalized spacial score (nSPS) is 18.2. The molecule has 0 aliphatic carbocycles. The van der Waals surface area contributed by atoms with Crippen molar-refractivity contribution in [2.24, 2.45) is 0 Å². The van der Waals surface area contributed by atoms with Crippen molar-refractivity contribution in [3.05, 3.63) is 48.4 Å². The topological polar surface area (TPSA) is 65.3 Å². The number of hydrogen-bond acceptors (Lipinski definition) is 6. The second kappa shape index (κ2) is 7.75. The van der Waals surface area contributed by atoms with Gasteiger partial charge in [-0.2, -0.15) is 5.26 Å². The molecule has 2 aromatic rings. The van der Waals surface area contributed by atoms with Gasteiger partial charge in [0.2, 0.25) is 0 Å². The number of ether oxygens (including phenoxy) is 1. The third-order valence-electron chi connectivity index (χ3n) is 4.24. The van der Waals surface area contributed by atoms with Crippen LogP contribution in [0.1, 0.15) is 12.6 Å². The molecule has 0 saturated carbocycles. The monoisotopic (exact) mass is 323 g/mol. The Morgan fingerprint density at radius 1 is 1.21 bits per heavy atom. The largest absolute Gasteiger partial charge is 0.492 e. The van der Waals surface area contributed by atoms with E-state index in [1.165, 1.54) is 0 Å². The van der Waals surface area contributed by atoms with Crippen LogP contribution in [0.5, 0.6) is 5.75 Å². The quantitative estimate of drug-likeness (QED) is 0.838. The van der Waals surface area contributed by atoms with Gasteiger partial charge in [-0.1, -0.05) is 18.2 Å². The molecule has 2 heterocycles. The maximum absolute atomic E-state index is 9.19. The van der Waals surface area contributed by atoms with Crippen molar-refractivity contribution in [3.8, 4) is 11.8 Å². The van der Waals surface area contributed by atoms with Gasteiger partial charge in [-0.15, -0.1) is 0 Å². The van der Waals surface area contributed by atoms with Gasteiger partial charge >= 0.3 is 0 Å². The Morgan fingerprint density at radius 3 is 2.75 bits per heavy atom. The third-order valence-corrected chi connectivity index (χ3v) is 4.24. The van der Waals surface area contributed by atoms with Crippen LogP contribution in [0.4, 0.5) is 5.82 Å². The molecular weight excluding hydrogens is 302 g/mol. The summed E-state index contributed by atoms with van der Waals surface area (Å²) < 4.78 is 5.78. The first kappa shape index (κ1) is 16.2. The summed E-state index contributed by atoms with van der Waals surface area (Å²) >= 11 is 0. The standard InChI is InChI=1S/C18H21N5O/c1-15-14-23(18-17(13-19)20-7-8-21-18)10-9-22(15)11-12-24-16-5-3-2-4-6-16/h2-8,15H,9-12,14H2,1H3/t15-/m0/s1. The molecule has 3 rings (SSSR count). The van der Waals surface area contributed by atoms with Gasteiger partial charge in [-0.25, -0.2) is 9.97 Å². The Balaban J connectivity index is 1.53. The molecule has 1 aliphatic rings. The molecule has 0 bridgehead atoms. The average Bonchev–Trinajstić information content (AvgIpc) is 2.64. The first-order valence-electron chi connectivity index (χ1n) is 8.16. The van der Waals surface area contributed by atoms with Crippen LogP contribution in [0.2, 0.25) is 0 Å². The van der Waals surface area contributed by atoms with Crippen LogP contribution in [0.25, 0.3) is 0 Å². The van der Waals surface area contributed by atoms with E-state index in [1.807, 2.05) is 30.3 Å². The maximum atomic E-state index is 9.19. The van der Waals surface area contributed by atoms with E-state index in [0.29, 0.717) is 24.2 Å². The third kappa shape index (κ3) is 3.81. The number of rotatable bonds is 5. The van der Waals surface area contributed by atoms with Crippen LogP contribution in [-0.4, -0.2) is 53.7 Å². The molecule has 1 aliphatic heterocycles. The molecule has 124 valence electrons. The first-order chi connectivity index (χ1) is 11.8. The van der Waals surface area contributed by atoms with Gasteiger partial charge in [0.15, 0.2) is 11.5 Å². The first-order valence-corrected chi connectivity index (χ1v) is 8.16. The number of nitrogens with zero attached hydrogens (tertiary/aromatic N) is 5. The van der Waals surface area contributed by atoms with E-state index < -0.39 is 0 Å². The van der Waals surface area contributed by atoms with Gasteiger partial charge < -0.3 is 9.64 Å². The highest BCUT2D eigenvalue weighted by atomic mass is 16.5. The van der Waals surface area contributed by atoms with Gasteiger partial charge in [-0.3, -0.25) is 4.90 Å².